The quantitative estimate of drug-likeness (QED) is 0.917. The molecule has 0 saturated carbocycles. The van der Waals surface area contributed by atoms with Crippen LogP contribution < -0.4 is 5.32 Å². The number of hydrogen-bond donors (Lipinski definition) is 1. The number of nitrogens with zero attached hydrogens (tertiary/aromatic N) is 4. The van der Waals surface area contributed by atoms with Crippen LogP contribution in [0.2, 0.25) is 0 Å². The van der Waals surface area contributed by atoms with Crippen LogP contribution in [0.25, 0.3) is 0 Å². The summed E-state index contributed by atoms with van der Waals surface area (Å²) < 4.78 is 4.93. The van der Waals surface area contributed by atoms with E-state index >= 15 is 0 Å². The molecule has 0 aliphatic carbocycles. The molecule has 0 aliphatic rings. The Kier molecular flexibility index (Phi) is 4.19. The first-order chi connectivity index (χ1) is 8.58. The summed E-state index contributed by atoms with van der Waals surface area (Å²) in [6.07, 6.45) is 3.77. The zero-order valence-corrected chi connectivity index (χ0v) is 12.5. The molecule has 98 valence electrons. The molecule has 0 aliphatic heterocycles. The third kappa shape index (κ3) is 3.00. The molecule has 0 saturated heterocycles. The van der Waals surface area contributed by atoms with Crippen LogP contribution in [0.4, 0.5) is 0 Å². The fourth-order valence-electron chi connectivity index (χ4n) is 1.90. The number of rotatable bonds is 5. The van der Waals surface area contributed by atoms with E-state index in [-0.39, 0.29) is 0 Å². The molecule has 2 aromatic rings. The van der Waals surface area contributed by atoms with Gasteiger partial charge in [0.1, 0.15) is 0 Å². The third-order valence-corrected chi connectivity index (χ3v) is 3.93. The first-order valence-electron chi connectivity index (χ1n) is 5.96. The Hall–Kier alpha value is -1.14. The van der Waals surface area contributed by atoms with Crippen LogP contribution in [0.5, 0.6) is 0 Å². The third-order valence-electron chi connectivity index (χ3n) is 2.90. The molecule has 0 radical (unpaired) electrons. The lowest BCUT2D eigenvalue weighted by Gasteiger charge is -2.14. The lowest BCUT2D eigenvalue weighted by Crippen LogP contribution is -2.30. The zero-order chi connectivity index (χ0) is 13.1. The first kappa shape index (κ1) is 13.3. The minimum atomic E-state index is 0.354. The molecular weight excluding hydrogens is 294 g/mol. The molecule has 2 heterocycles. The topological polar surface area (TPSA) is 47.7 Å². The second kappa shape index (κ2) is 5.67. The summed E-state index contributed by atoms with van der Waals surface area (Å²) in [5.41, 5.74) is 2.19. The van der Waals surface area contributed by atoms with Gasteiger partial charge in [-0.15, -0.1) is 0 Å². The van der Waals surface area contributed by atoms with Gasteiger partial charge in [0.15, 0.2) is 0 Å². The second-order valence-corrected chi connectivity index (χ2v) is 5.27. The highest BCUT2D eigenvalue weighted by Crippen LogP contribution is 2.19. The second-order valence-electron chi connectivity index (χ2n) is 4.48. The van der Waals surface area contributed by atoms with Crippen molar-refractivity contribution >= 4 is 15.9 Å². The first-order valence-corrected chi connectivity index (χ1v) is 6.76. The van der Waals surface area contributed by atoms with Gasteiger partial charge in [0.25, 0.3) is 0 Å². The number of hydrogen-bond acceptors (Lipinski definition) is 3. The molecule has 2 rings (SSSR count). The van der Waals surface area contributed by atoms with E-state index in [4.69, 9.17) is 0 Å². The number of aryl methyl sites for hydroxylation is 2. The molecule has 5 nitrogen and oxygen atoms in total. The molecule has 6 heteroatoms. The van der Waals surface area contributed by atoms with Gasteiger partial charge in [-0.1, -0.05) is 0 Å². The monoisotopic (exact) mass is 311 g/mol. The van der Waals surface area contributed by atoms with E-state index in [2.05, 4.69) is 38.4 Å². The van der Waals surface area contributed by atoms with Crippen molar-refractivity contribution in [3.63, 3.8) is 0 Å². The van der Waals surface area contributed by atoms with Gasteiger partial charge in [-0.05, 0) is 35.8 Å². The summed E-state index contributed by atoms with van der Waals surface area (Å²) in [6, 6.07) is 2.29. The lowest BCUT2D eigenvalue weighted by molar-refractivity contribution is 0.443. The largest absolute Gasteiger partial charge is 0.307 e. The summed E-state index contributed by atoms with van der Waals surface area (Å²) in [6.45, 7) is 5.81. The Balaban J connectivity index is 1.91. The van der Waals surface area contributed by atoms with Gasteiger partial charge in [-0.25, -0.2) is 0 Å². The maximum atomic E-state index is 4.38. The van der Waals surface area contributed by atoms with Gasteiger partial charge >= 0.3 is 0 Å². The van der Waals surface area contributed by atoms with E-state index in [1.54, 1.807) is 6.20 Å². The lowest BCUT2D eigenvalue weighted by atomic mass is 10.3. The van der Waals surface area contributed by atoms with Crippen LogP contribution in [0.3, 0.4) is 0 Å². The summed E-state index contributed by atoms with van der Waals surface area (Å²) in [5.74, 6) is 0. The van der Waals surface area contributed by atoms with E-state index in [1.165, 1.54) is 5.69 Å². The van der Waals surface area contributed by atoms with Gasteiger partial charge in [-0.2, -0.15) is 10.2 Å². The highest BCUT2D eigenvalue weighted by atomic mass is 79.9. The van der Waals surface area contributed by atoms with E-state index in [1.807, 2.05) is 35.6 Å². The molecule has 1 unspecified atom stereocenters. The number of nitrogens with one attached hydrogen (secondary N) is 1. The summed E-state index contributed by atoms with van der Waals surface area (Å²) >= 11 is 3.57. The zero-order valence-electron chi connectivity index (χ0n) is 10.9. The summed E-state index contributed by atoms with van der Waals surface area (Å²) in [4.78, 5) is 0. The molecule has 0 aromatic carbocycles. The Morgan fingerprint density at radius 2 is 2.28 bits per heavy atom. The summed E-state index contributed by atoms with van der Waals surface area (Å²) in [7, 11) is 1.97. The standard InChI is InChI=1S/C12H18BrN5/c1-9(8-18-6-4-5-15-18)14-7-11-12(13)10(2)16-17(11)3/h4-6,9,14H,7-8H2,1-3H3. The van der Waals surface area contributed by atoms with Crippen molar-refractivity contribution in [2.24, 2.45) is 7.05 Å². The molecule has 18 heavy (non-hydrogen) atoms. The van der Waals surface area contributed by atoms with Gasteiger partial charge < -0.3 is 5.32 Å². The Morgan fingerprint density at radius 1 is 1.50 bits per heavy atom. The minimum Gasteiger partial charge on any atom is -0.307 e. The predicted octanol–water partition coefficient (Wildman–Crippen LogP) is 1.87. The van der Waals surface area contributed by atoms with Gasteiger partial charge in [0, 0.05) is 32.0 Å². The molecular formula is C12H18BrN5. The molecule has 2 aromatic heterocycles. The molecule has 0 amide bonds. The Labute approximate surface area is 115 Å². The average Bonchev–Trinajstić information content (AvgIpc) is 2.88. The highest BCUT2D eigenvalue weighted by Gasteiger charge is 2.11. The molecule has 0 bridgehead atoms. The fourth-order valence-corrected chi connectivity index (χ4v) is 2.37. The molecule has 0 spiro atoms. The number of halogens is 1. The van der Waals surface area contributed by atoms with Crippen molar-refractivity contribution in [3.8, 4) is 0 Å². The minimum absolute atomic E-state index is 0.354. The van der Waals surface area contributed by atoms with Crippen LogP contribution in [0.15, 0.2) is 22.9 Å². The summed E-state index contributed by atoms with van der Waals surface area (Å²) in [5, 5.41) is 12.1. The van der Waals surface area contributed by atoms with E-state index in [0.29, 0.717) is 6.04 Å². The Bertz CT molecular complexity index is 503. The van der Waals surface area contributed by atoms with Crippen LogP contribution in [-0.2, 0) is 20.1 Å². The van der Waals surface area contributed by atoms with Gasteiger partial charge in [-0.3, -0.25) is 9.36 Å². The highest BCUT2D eigenvalue weighted by molar-refractivity contribution is 9.10. The van der Waals surface area contributed by atoms with Crippen molar-refractivity contribution in [3.05, 3.63) is 34.3 Å². The van der Waals surface area contributed by atoms with Crippen molar-refractivity contribution in [2.45, 2.75) is 33.0 Å². The SMILES string of the molecule is Cc1nn(C)c(CNC(C)Cn2cccn2)c1Br. The van der Waals surface area contributed by atoms with Crippen LogP contribution in [0, 0.1) is 6.92 Å². The van der Waals surface area contributed by atoms with Crippen molar-refractivity contribution in [2.75, 3.05) is 0 Å². The normalized spacial score (nSPS) is 12.9. The maximum absolute atomic E-state index is 4.38. The van der Waals surface area contributed by atoms with E-state index in [0.717, 1.165) is 23.3 Å². The van der Waals surface area contributed by atoms with Crippen molar-refractivity contribution in [1.29, 1.82) is 0 Å². The van der Waals surface area contributed by atoms with E-state index < -0.39 is 0 Å². The van der Waals surface area contributed by atoms with Crippen LogP contribution >= 0.6 is 15.9 Å². The smallest absolute Gasteiger partial charge is 0.0739 e. The molecule has 1 atom stereocenters. The molecule has 0 fully saturated rings. The Morgan fingerprint density at radius 3 is 2.83 bits per heavy atom. The van der Waals surface area contributed by atoms with Crippen molar-refractivity contribution in [1.82, 2.24) is 24.9 Å². The van der Waals surface area contributed by atoms with Gasteiger partial charge in [0.05, 0.1) is 22.4 Å². The van der Waals surface area contributed by atoms with Crippen LogP contribution in [-0.4, -0.2) is 25.6 Å². The molecule has 1 N–H and O–H groups in total. The van der Waals surface area contributed by atoms with E-state index in [9.17, 15) is 0 Å². The predicted molar refractivity (Wildman–Crippen MR) is 74.2 cm³/mol. The van der Waals surface area contributed by atoms with Crippen LogP contribution in [0.1, 0.15) is 18.3 Å². The van der Waals surface area contributed by atoms with Crippen molar-refractivity contribution < 1.29 is 0 Å². The number of aromatic nitrogens is 4. The fraction of sp³-hybridized carbons (Fsp3) is 0.500. The average molecular weight is 312 g/mol. The maximum Gasteiger partial charge on any atom is 0.0739 e. The van der Waals surface area contributed by atoms with Gasteiger partial charge in [0.2, 0.25) is 0 Å².